The minimum Gasteiger partial charge on any atom is -0.341 e. The van der Waals surface area contributed by atoms with Crippen molar-refractivity contribution >= 4 is 29.1 Å². The van der Waals surface area contributed by atoms with Crippen LogP contribution in [0.5, 0.6) is 0 Å². The topological polar surface area (TPSA) is 121 Å². The zero-order chi connectivity index (χ0) is 21.8. The van der Waals surface area contributed by atoms with E-state index < -0.39 is 5.54 Å². The second kappa shape index (κ2) is 8.50. The largest absolute Gasteiger partial charge is 0.341 e. The summed E-state index contributed by atoms with van der Waals surface area (Å²) in [6, 6.07) is 10.1. The highest BCUT2D eigenvalue weighted by Crippen LogP contribution is 2.40. The van der Waals surface area contributed by atoms with Gasteiger partial charge in [0.2, 0.25) is 0 Å². The van der Waals surface area contributed by atoms with Gasteiger partial charge in [0.15, 0.2) is 0 Å². The molecule has 2 N–H and O–H groups in total. The summed E-state index contributed by atoms with van der Waals surface area (Å²) in [4.78, 5) is 37.4. The van der Waals surface area contributed by atoms with Crippen LogP contribution in [0, 0.1) is 11.3 Å². The first-order valence-corrected chi connectivity index (χ1v) is 9.94. The summed E-state index contributed by atoms with van der Waals surface area (Å²) in [5, 5.41) is 15.1. The molecule has 3 heterocycles. The van der Waals surface area contributed by atoms with Crippen molar-refractivity contribution in [2.45, 2.75) is 24.8 Å². The summed E-state index contributed by atoms with van der Waals surface area (Å²) in [6.07, 6.45) is 8.27. The van der Waals surface area contributed by atoms with E-state index in [0.717, 1.165) is 25.0 Å². The number of nitrogens with one attached hydrogen (secondary N) is 2. The van der Waals surface area contributed by atoms with Crippen molar-refractivity contribution in [3.63, 3.8) is 0 Å². The van der Waals surface area contributed by atoms with Gasteiger partial charge in [-0.15, -0.1) is 0 Å². The molecule has 1 fully saturated rings. The quantitative estimate of drug-likeness (QED) is 0.595. The number of pyridine rings is 3. The summed E-state index contributed by atoms with van der Waals surface area (Å²) in [5.74, 6) is -0.631. The van der Waals surface area contributed by atoms with Crippen LogP contribution < -0.4 is 10.6 Å². The Kier molecular flexibility index (Phi) is 5.60. The zero-order valence-electron chi connectivity index (χ0n) is 16.3. The van der Waals surface area contributed by atoms with E-state index in [2.05, 4.69) is 25.6 Å². The van der Waals surface area contributed by atoms with Crippen LogP contribution in [0.1, 0.15) is 51.2 Å². The molecule has 3 aromatic rings. The lowest BCUT2D eigenvalue weighted by Gasteiger charge is -2.42. The number of amides is 2. The van der Waals surface area contributed by atoms with Crippen molar-refractivity contribution in [1.29, 1.82) is 5.26 Å². The molecule has 1 saturated carbocycles. The molecular weight excluding hydrogens is 416 g/mol. The summed E-state index contributed by atoms with van der Waals surface area (Å²) in [6.45, 7) is 0. The second-order valence-corrected chi connectivity index (χ2v) is 7.61. The van der Waals surface area contributed by atoms with E-state index in [1.54, 1.807) is 30.5 Å². The summed E-state index contributed by atoms with van der Waals surface area (Å²) < 4.78 is 0. The number of aromatic nitrogens is 3. The molecule has 3 aromatic heterocycles. The lowest BCUT2D eigenvalue weighted by atomic mass is 9.74. The lowest BCUT2D eigenvalue weighted by molar-refractivity contribution is 0.0816. The van der Waals surface area contributed by atoms with E-state index in [4.69, 9.17) is 16.9 Å². The molecule has 8 nitrogen and oxygen atoms in total. The minimum absolute atomic E-state index is 0.243. The van der Waals surface area contributed by atoms with E-state index >= 15 is 0 Å². The van der Waals surface area contributed by atoms with Gasteiger partial charge in [0, 0.05) is 18.6 Å². The number of hydrogen-bond donors (Lipinski definition) is 2. The summed E-state index contributed by atoms with van der Waals surface area (Å²) >= 11 is 5.79. The van der Waals surface area contributed by atoms with Gasteiger partial charge in [-0.1, -0.05) is 11.6 Å². The van der Waals surface area contributed by atoms with Gasteiger partial charge in [0.25, 0.3) is 11.8 Å². The molecule has 0 saturated heterocycles. The van der Waals surface area contributed by atoms with Crippen LogP contribution in [0.2, 0.25) is 5.15 Å². The Bertz CT molecular complexity index is 1170. The number of carbonyl (C=O) groups excluding carboxylic acids is 2. The Morgan fingerprint density at radius 3 is 2.45 bits per heavy atom. The average molecular weight is 433 g/mol. The number of nitrogens with zero attached hydrogens (tertiary/aromatic N) is 4. The maximum Gasteiger partial charge on any atom is 0.257 e. The molecule has 0 radical (unpaired) electrons. The van der Waals surface area contributed by atoms with Crippen molar-refractivity contribution < 1.29 is 9.59 Å². The van der Waals surface area contributed by atoms with Crippen molar-refractivity contribution in [2.24, 2.45) is 0 Å². The van der Waals surface area contributed by atoms with E-state index in [1.165, 1.54) is 24.7 Å². The van der Waals surface area contributed by atoms with E-state index in [-0.39, 0.29) is 17.4 Å². The molecule has 0 atom stereocenters. The smallest absolute Gasteiger partial charge is 0.257 e. The Morgan fingerprint density at radius 1 is 1.00 bits per heavy atom. The summed E-state index contributed by atoms with van der Waals surface area (Å²) in [7, 11) is 0. The average Bonchev–Trinajstić information content (AvgIpc) is 2.77. The maximum atomic E-state index is 12.7. The Hall–Kier alpha value is -3.83. The fourth-order valence-corrected chi connectivity index (χ4v) is 3.47. The lowest BCUT2D eigenvalue weighted by Crippen LogP contribution is -2.51. The molecule has 154 valence electrons. The van der Waals surface area contributed by atoms with E-state index in [9.17, 15) is 9.59 Å². The predicted octanol–water partition coefficient (Wildman–Crippen LogP) is 3.46. The van der Waals surface area contributed by atoms with Crippen LogP contribution in [0.4, 0.5) is 5.69 Å². The Balaban J connectivity index is 1.47. The van der Waals surface area contributed by atoms with Gasteiger partial charge in [-0.05, 0) is 49.6 Å². The Labute approximate surface area is 183 Å². The first kappa shape index (κ1) is 20.4. The molecule has 1 aliphatic rings. The van der Waals surface area contributed by atoms with Gasteiger partial charge in [-0.2, -0.15) is 5.26 Å². The molecule has 0 aliphatic heterocycles. The number of rotatable bonds is 5. The fourth-order valence-electron chi connectivity index (χ4n) is 3.35. The zero-order valence-corrected chi connectivity index (χ0v) is 17.1. The number of halogens is 1. The fraction of sp³-hybridized carbons (Fsp3) is 0.182. The molecule has 31 heavy (non-hydrogen) atoms. The third kappa shape index (κ3) is 4.37. The van der Waals surface area contributed by atoms with Gasteiger partial charge < -0.3 is 10.6 Å². The molecule has 0 bridgehead atoms. The molecule has 9 heteroatoms. The minimum atomic E-state index is -0.551. The number of anilines is 1. The van der Waals surface area contributed by atoms with Crippen LogP contribution >= 0.6 is 11.6 Å². The van der Waals surface area contributed by atoms with Gasteiger partial charge >= 0.3 is 0 Å². The van der Waals surface area contributed by atoms with Crippen LogP contribution in [0.15, 0.2) is 55.1 Å². The van der Waals surface area contributed by atoms with Crippen LogP contribution in [-0.2, 0) is 5.54 Å². The standard InChI is InChI=1S/C22H17ClN6O2/c23-19-5-2-15(12-27-19)21(31)29-22(6-1-7-22)18-4-3-17(13-26-18)28-20(30)16-8-14(9-24)10-25-11-16/h2-5,8,10-13H,1,6-7H2,(H,28,30)(H,29,31). The SMILES string of the molecule is N#Cc1cncc(C(=O)Nc2ccc(C3(NC(=O)c4ccc(Cl)nc4)CCC3)nc2)c1. The first-order chi connectivity index (χ1) is 15.0. The summed E-state index contributed by atoms with van der Waals surface area (Å²) in [5.41, 5.74) is 1.68. The number of hydrogen-bond acceptors (Lipinski definition) is 6. The number of nitriles is 1. The van der Waals surface area contributed by atoms with Crippen molar-refractivity contribution in [3.8, 4) is 6.07 Å². The van der Waals surface area contributed by atoms with E-state index in [1.807, 2.05) is 6.07 Å². The number of carbonyl (C=O) groups is 2. The predicted molar refractivity (Wildman–Crippen MR) is 113 cm³/mol. The van der Waals surface area contributed by atoms with Gasteiger partial charge in [-0.3, -0.25) is 19.6 Å². The van der Waals surface area contributed by atoms with Crippen molar-refractivity contribution in [2.75, 3.05) is 5.32 Å². The van der Waals surface area contributed by atoms with Gasteiger partial charge in [0.1, 0.15) is 11.2 Å². The third-order valence-corrected chi connectivity index (χ3v) is 5.41. The molecule has 1 aliphatic carbocycles. The van der Waals surface area contributed by atoms with E-state index in [0.29, 0.717) is 22.0 Å². The highest BCUT2D eigenvalue weighted by atomic mass is 35.5. The van der Waals surface area contributed by atoms with Crippen LogP contribution in [0.25, 0.3) is 0 Å². The maximum absolute atomic E-state index is 12.7. The molecule has 0 unspecified atom stereocenters. The molecule has 2 amide bonds. The van der Waals surface area contributed by atoms with Crippen LogP contribution in [0.3, 0.4) is 0 Å². The second-order valence-electron chi connectivity index (χ2n) is 7.22. The highest BCUT2D eigenvalue weighted by Gasteiger charge is 2.41. The normalized spacial score (nSPS) is 14.1. The first-order valence-electron chi connectivity index (χ1n) is 9.56. The third-order valence-electron chi connectivity index (χ3n) is 5.19. The highest BCUT2D eigenvalue weighted by molar-refractivity contribution is 6.29. The molecule has 4 rings (SSSR count). The molecule has 0 aromatic carbocycles. The molecular formula is C22H17ClN6O2. The van der Waals surface area contributed by atoms with Crippen LogP contribution in [-0.4, -0.2) is 26.8 Å². The molecule has 0 spiro atoms. The van der Waals surface area contributed by atoms with Crippen molar-refractivity contribution in [1.82, 2.24) is 20.3 Å². The van der Waals surface area contributed by atoms with Gasteiger partial charge in [0.05, 0.1) is 39.8 Å². The monoisotopic (exact) mass is 432 g/mol. The Morgan fingerprint density at radius 2 is 1.84 bits per heavy atom. The van der Waals surface area contributed by atoms with Crippen molar-refractivity contribution in [3.05, 3.63) is 82.7 Å². The van der Waals surface area contributed by atoms with Gasteiger partial charge in [-0.25, -0.2) is 4.98 Å².